The van der Waals surface area contributed by atoms with Crippen LogP contribution in [0.15, 0.2) is 0 Å². The summed E-state index contributed by atoms with van der Waals surface area (Å²) in [6.07, 6.45) is 3.57. The van der Waals surface area contributed by atoms with E-state index in [4.69, 9.17) is 0 Å². The molecule has 1 atom stereocenters. The van der Waals surface area contributed by atoms with Crippen LogP contribution in [0.3, 0.4) is 0 Å². The van der Waals surface area contributed by atoms with E-state index in [0.29, 0.717) is 0 Å². The van der Waals surface area contributed by atoms with Crippen molar-refractivity contribution in [3.8, 4) is 0 Å². The normalized spacial score (nSPS) is 11.0. The van der Waals surface area contributed by atoms with Gasteiger partial charge in [0.15, 0.2) is 6.75 Å². The molecule has 0 aliphatic heterocycles. The molecule has 0 saturated heterocycles. The molecule has 2 heteroatoms. The molecule has 0 aliphatic carbocycles. The number of rotatable bonds is 0. The summed E-state index contributed by atoms with van der Waals surface area (Å²) in [6.45, 7) is 1.81. The first-order chi connectivity index (χ1) is 1.73. The lowest BCUT2D eigenvalue weighted by atomic mass is 11.9. The second-order valence-corrected chi connectivity index (χ2v) is 4.02. The van der Waals surface area contributed by atoms with E-state index in [9.17, 15) is 0 Å². The van der Waals surface area contributed by atoms with Crippen molar-refractivity contribution in [1.82, 2.24) is 0 Å². The standard InChI is InChI=1S/C2H6PS/c1-3(2)4/h4H,1H2,2H3/q+1. The summed E-state index contributed by atoms with van der Waals surface area (Å²) in [5.41, 5.74) is 0. The molecular weight excluding hydrogens is 87.1 g/mol. The average molecular weight is 93.1 g/mol. The van der Waals surface area contributed by atoms with Gasteiger partial charge in [-0.15, -0.1) is 0 Å². The lowest BCUT2D eigenvalue weighted by Gasteiger charge is -1.46. The van der Waals surface area contributed by atoms with Crippen molar-refractivity contribution in [2.45, 2.75) is 0 Å². The summed E-state index contributed by atoms with van der Waals surface area (Å²) < 4.78 is 0. The van der Waals surface area contributed by atoms with Gasteiger partial charge < -0.3 is 0 Å². The van der Waals surface area contributed by atoms with Crippen LogP contribution in [0.4, 0.5) is 0 Å². The topological polar surface area (TPSA) is 0 Å². The highest BCUT2D eigenvalue weighted by atomic mass is 32.7. The molecule has 0 N–H and O–H groups in total. The van der Waals surface area contributed by atoms with Gasteiger partial charge >= 0.3 is 0 Å². The Morgan fingerprint density at radius 2 is 2.00 bits per heavy atom. The second-order valence-electron chi connectivity index (χ2n) is 0.658. The zero-order chi connectivity index (χ0) is 3.58. The maximum Gasteiger partial charge on any atom is 0.150 e. The molecule has 0 rings (SSSR count). The van der Waals surface area contributed by atoms with Gasteiger partial charge in [-0.2, -0.15) is 0 Å². The van der Waals surface area contributed by atoms with Crippen LogP contribution >= 0.6 is 19.0 Å². The zero-order valence-electron chi connectivity index (χ0n) is 2.60. The number of hydrogen-bond acceptors (Lipinski definition) is 1. The Kier molecular flexibility index (Phi) is 2.04. The molecule has 0 amide bonds. The van der Waals surface area contributed by atoms with Crippen molar-refractivity contribution in [2.24, 2.45) is 0 Å². The Bertz CT molecular complexity index is 29.0. The molecule has 24 valence electrons. The zero-order valence-corrected chi connectivity index (χ0v) is 4.39. The fourth-order valence-corrected chi connectivity index (χ4v) is 0. The predicted octanol–water partition coefficient (Wildman–Crippen LogP) is 1.37. The molecule has 0 bridgehead atoms. The quantitative estimate of drug-likeness (QED) is 0.339. The Morgan fingerprint density at radius 1 is 2.00 bits per heavy atom. The van der Waals surface area contributed by atoms with Crippen molar-refractivity contribution in [3.05, 3.63) is 0 Å². The van der Waals surface area contributed by atoms with Crippen LogP contribution in [-0.2, 0) is 0 Å². The Labute approximate surface area is 32.8 Å². The molecule has 0 aromatic heterocycles. The van der Waals surface area contributed by atoms with Crippen LogP contribution in [-0.4, -0.2) is 13.0 Å². The fourth-order valence-electron chi connectivity index (χ4n) is 0. The lowest BCUT2D eigenvalue weighted by molar-refractivity contribution is 2.50. The molecule has 0 spiro atoms. The van der Waals surface area contributed by atoms with Gasteiger partial charge in [0, 0.05) is 0 Å². The first-order valence-electron chi connectivity index (χ1n) is 0.963. The summed E-state index contributed by atoms with van der Waals surface area (Å²) in [7, 11) is 0. The largest absolute Gasteiger partial charge is 0.150 e. The van der Waals surface area contributed by atoms with Crippen LogP contribution in [0.5, 0.6) is 0 Å². The molecule has 0 heterocycles. The van der Waals surface area contributed by atoms with Gasteiger partial charge in [0.1, 0.15) is 6.66 Å². The van der Waals surface area contributed by atoms with Crippen molar-refractivity contribution in [2.75, 3.05) is 6.66 Å². The van der Waals surface area contributed by atoms with E-state index < -0.39 is 0 Å². The van der Waals surface area contributed by atoms with Crippen LogP contribution in [0, 0.1) is 0 Å². The molecule has 0 aromatic carbocycles. The van der Waals surface area contributed by atoms with E-state index in [-0.39, 0.29) is 6.75 Å². The fraction of sp³-hybridized carbons (Fsp3) is 0.500. The highest BCUT2D eigenvalue weighted by Gasteiger charge is 1.70. The third-order valence-corrected chi connectivity index (χ3v) is 0. The van der Waals surface area contributed by atoms with E-state index in [1.54, 1.807) is 0 Å². The molecule has 4 heavy (non-hydrogen) atoms. The third kappa shape index (κ3) is 21.5. The van der Waals surface area contributed by atoms with Gasteiger partial charge in [-0.05, 0) is 0 Å². The van der Waals surface area contributed by atoms with Crippen LogP contribution < -0.4 is 0 Å². The highest BCUT2D eigenvalue weighted by Crippen LogP contribution is 2.16. The average Bonchev–Trinajstić information content (AvgIpc) is 0.811. The van der Waals surface area contributed by atoms with Crippen LogP contribution in [0.1, 0.15) is 0 Å². The van der Waals surface area contributed by atoms with Gasteiger partial charge in [-0.3, -0.25) is 0 Å². The maximum atomic E-state index is 3.92. The Morgan fingerprint density at radius 3 is 2.00 bits per heavy atom. The van der Waals surface area contributed by atoms with E-state index in [2.05, 4.69) is 18.5 Å². The van der Waals surface area contributed by atoms with E-state index in [0.717, 1.165) is 0 Å². The third-order valence-electron chi connectivity index (χ3n) is 0. The first-order valence-corrected chi connectivity index (χ1v) is 4.09. The minimum Gasteiger partial charge on any atom is 0.0628 e. The monoisotopic (exact) mass is 93.0 g/mol. The molecule has 0 aromatic rings. The number of hydrogen-bond donors (Lipinski definition) is 1. The van der Waals surface area contributed by atoms with Gasteiger partial charge in [0.25, 0.3) is 0 Å². The molecular formula is C2H6PS+. The first kappa shape index (κ1) is 4.52. The van der Waals surface area contributed by atoms with Crippen molar-refractivity contribution in [1.29, 1.82) is 0 Å². The molecule has 0 nitrogen and oxygen atoms in total. The van der Waals surface area contributed by atoms with Crippen LogP contribution in [0.2, 0.25) is 0 Å². The van der Waals surface area contributed by atoms with Crippen molar-refractivity contribution >= 4 is 25.3 Å². The van der Waals surface area contributed by atoms with Gasteiger partial charge in [0.05, 0.1) is 18.5 Å². The summed E-state index contributed by atoms with van der Waals surface area (Å²) in [5, 5.41) is 0. The Balaban J connectivity index is 2.80. The second kappa shape index (κ2) is 1.80. The van der Waals surface area contributed by atoms with Crippen molar-refractivity contribution < 1.29 is 0 Å². The van der Waals surface area contributed by atoms with E-state index >= 15 is 0 Å². The molecule has 0 fully saturated rings. The smallest absolute Gasteiger partial charge is 0.0628 e. The number of thiol groups is 1. The molecule has 0 aliphatic rings. The minimum absolute atomic E-state index is 0.176. The van der Waals surface area contributed by atoms with E-state index in [1.807, 2.05) is 6.66 Å². The predicted molar refractivity (Wildman–Crippen MR) is 29.0 cm³/mol. The van der Waals surface area contributed by atoms with Crippen LogP contribution in [0.25, 0.3) is 0 Å². The summed E-state index contributed by atoms with van der Waals surface area (Å²) in [6, 6.07) is 0. The van der Waals surface area contributed by atoms with E-state index in [1.165, 1.54) is 0 Å². The summed E-state index contributed by atoms with van der Waals surface area (Å²) in [4.78, 5) is 0. The maximum absolute atomic E-state index is 3.92. The summed E-state index contributed by atoms with van der Waals surface area (Å²) in [5.74, 6) is 0. The molecule has 0 saturated carbocycles. The Hall–Kier alpha value is 0.520. The minimum atomic E-state index is -0.176. The SMILES string of the molecule is C=[P+](C)S. The highest BCUT2D eigenvalue weighted by molar-refractivity contribution is 8.43. The van der Waals surface area contributed by atoms with Crippen molar-refractivity contribution in [3.63, 3.8) is 0 Å². The lowest BCUT2D eigenvalue weighted by Crippen LogP contribution is -1.21. The van der Waals surface area contributed by atoms with Gasteiger partial charge in [-0.25, -0.2) is 0 Å². The summed E-state index contributed by atoms with van der Waals surface area (Å²) >= 11 is 3.92. The van der Waals surface area contributed by atoms with Gasteiger partial charge in [0.2, 0.25) is 0 Å². The molecule has 0 radical (unpaired) electrons. The molecule has 1 unspecified atom stereocenters. The van der Waals surface area contributed by atoms with Gasteiger partial charge in [-0.1, -0.05) is 0 Å².